The quantitative estimate of drug-likeness (QED) is 0.610. The molecule has 0 amide bonds. The first-order chi connectivity index (χ1) is 6.22. The summed E-state index contributed by atoms with van der Waals surface area (Å²) < 4.78 is 4.86. The summed E-state index contributed by atoms with van der Waals surface area (Å²) in [6, 6.07) is 0.511. The van der Waals surface area contributed by atoms with Crippen molar-refractivity contribution < 1.29 is 9.53 Å². The summed E-state index contributed by atoms with van der Waals surface area (Å²) in [5.41, 5.74) is 5.71. The zero-order chi connectivity index (χ0) is 9.68. The SMILES string of the molecule is CCOC(=O)CC1CCC(N)CN1. The molecule has 0 aromatic rings. The van der Waals surface area contributed by atoms with Crippen LogP contribution < -0.4 is 11.1 Å². The van der Waals surface area contributed by atoms with Gasteiger partial charge in [-0.2, -0.15) is 0 Å². The van der Waals surface area contributed by atoms with E-state index in [9.17, 15) is 4.79 Å². The summed E-state index contributed by atoms with van der Waals surface area (Å²) >= 11 is 0. The summed E-state index contributed by atoms with van der Waals surface area (Å²) in [6.45, 7) is 3.09. The van der Waals surface area contributed by atoms with Crippen LogP contribution in [0.25, 0.3) is 0 Å². The van der Waals surface area contributed by atoms with E-state index in [1.54, 1.807) is 0 Å². The summed E-state index contributed by atoms with van der Waals surface area (Å²) in [4.78, 5) is 11.1. The van der Waals surface area contributed by atoms with Crippen LogP contribution in [-0.4, -0.2) is 31.2 Å². The van der Waals surface area contributed by atoms with Crippen LogP contribution in [0.4, 0.5) is 0 Å². The fourth-order valence-electron chi connectivity index (χ4n) is 1.53. The molecule has 0 spiro atoms. The molecule has 2 unspecified atom stereocenters. The Morgan fingerprint density at radius 3 is 2.92 bits per heavy atom. The van der Waals surface area contributed by atoms with E-state index in [-0.39, 0.29) is 18.1 Å². The Balaban J connectivity index is 2.18. The van der Waals surface area contributed by atoms with Crippen LogP contribution in [0.5, 0.6) is 0 Å². The van der Waals surface area contributed by atoms with Crippen molar-refractivity contribution in [1.29, 1.82) is 0 Å². The third-order valence-corrected chi connectivity index (χ3v) is 2.27. The van der Waals surface area contributed by atoms with Gasteiger partial charge in [-0.15, -0.1) is 0 Å². The molecule has 1 aliphatic rings. The van der Waals surface area contributed by atoms with Crippen molar-refractivity contribution in [3.63, 3.8) is 0 Å². The van der Waals surface area contributed by atoms with Crippen molar-refractivity contribution in [2.75, 3.05) is 13.2 Å². The van der Waals surface area contributed by atoms with E-state index in [0.717, 1.165) is 19.4 Å². The Labute approximate surface area is 78.8 Å². The molecule has 0 bridgehead atoms. The van der Waals surface area contributed by atoms with E-state index in [0.29, 0.717) is 13.0 Å². The highest BCUT2D eigenvalue weighted by atomic mass is 16.5. The highest BCUT2D eigenvalue weighted by molar-refractivity contribution is 5.70. The number of ether oxygens (including phenoxy) is 1. The highest BCUT2D eigenvalue weighted by Gasteiger charge is 2.20. The number of carbonyl (C=O) groups excluding carboxylic acids is 1. The normalized spacial score (nSPS) is 28.5. The maximum absolute atomic E-state index is 11.1. The minimum Gasteiger partial charge on any atom is -0.466 e. The van der Waals surface area contributed by atoms with E-state index in [1.165, 1.54) is 0 Å². The molecule has 0 aromatic carbocycles. The summed E-state index contributed by atoms with van der Waals surface area (Å²) in [6.07, 6.45) is 2.44. The Hall–Kier alpha value is -0.610. The lowest BCUT2D eigenvalue weighted by Gasteiger charge is -2.26. The molecule has 1 fully saturated rings. The van der Waals surface area contributed by atoms with Crippen molar-refractivity contribution in [2.45, 2.75) is 38.3 Å². The molecule has 0 saturated carbocycles. The summed E-state index contributed by atoms with van der Waals surface area (Å²) in [5.74, 6) is -0.115. The summed E-state index contributed by atoms with van der Waals surface area (Å²) in [7, 11) is 0. The molecule has 1 saturated heterocycles. The smallest absolute Gasteiger partial charge is 0.307 e. The number of nitrogens with two attached hydrogens (primary N) is 1. The average molecular weight is 186 g/mol. The van der Waals surface area contributed by atoms with Gasteiger partial charge in [-0.05, 0) is 19.8 Å². The Kier molecular flexibility index (Phi) is 4.18. The largest absolute Gasteiger partial charge is 0.466 e. The fourth-order valence-corrected chi connectivity index (χ4v) is 1.53. The topological polar surface area (TPSA) is 64.3 Å². The molecule has 3 N–H and O–H groups in total. The molecular weight excluding hydrogens is 168 g/mol. The molecule has 0 aliphatic carbocycles. The third kappa shape index (κ3) is 3.74. The van der Waals surface area contributed by atoms with Crippen LogP contribution in [0.2, 0.25) is 0 Å². The molecular formula is C9H18N2O2. The second-order valence-corrected chi connectivity index (χ2v) is 3.45. The first kappa shape index (κ1) is 10.5. The maximum atomic E-state index is 11.1. The average Bonchev–Trinajstić information content (AvgIpc) is 2.09. The molecule has 76 valence electrons. The second-order valence-electron chi connectivity index (χ2n) is 3.45. The van der Waals surface area contributed by atoms with Crippen molar-refractivity contribution in [3.05, 3.63) is 0 Å². The number of rotatable bonds is 3. The Bertz CT molecular complexity index is 165. The van der Waals surface area contributed by atoms with Gasteiger partial charge in [0, 0.05) is 18.6 Å². The fraction of sp³-hybridized carbons (Fsp3) is 0.889. The van der Waals surface area contributed by atoms with E-state index in [4.69, 9.17) is 10.5 Å². The molecule has 1 heterocycles. The van der Waals surface area contributed by atoms with E-state index >= 15 is 0 Å². The molecule has 4 nitrogen and oxygen atoms in total. The van der Waals surface area contributed by atoms with E-state index < -0.39 is 0 Å². The molecule has 13 heavy (non-hydrogen) atoms. The molecule has 4 heteroatoms. The van der Waals surface area contributed by atoms with Crippen LogP contribution in [0.15, 0.2) is 0 Å². The van der Waals surface area contributed by atoms with Crippen LogP contribution >= 0.6 is 0 Å². The van der Waals surface area contributed by atoms with E-state index in [1.807, 2.05) is 6.92 Å². The Morgan fingerprint density at radius 2 is 2.38 bits per heavy atom. The third-order valence-electron chi connectivity index (χ3n) is 2.27. The predicted molar refractivity (Wildman–Crippen MR) is 50.3 cm³/mol. The minimum atomic E-state index is -0.115. The zero-order valence-electron chi connectivity index (χ0n) is 8.08. The molecule has 1 aliphatic heterocycles. The lowest BCUT2D eigenvalue weighted by atomic mass is 9.99. The predicted octanol–water partition coefficient (Wildman–Crippen LogP) is 0.0189. The van der Waals surface area contributed by atoms with Gasteiger partial charge in [0.25, 0.3) is 0 Å². The Morgan fingerprint density at radius 1 is 1.62 bits per heavy atom. The second kappa shape index (κ2) is 5.19. The van der Waals surface area contributed by atoms with Gasteiger partial charge in [-0.25, -0.2) is 0 Å². The number of nitrogens with one attached hydrogen (secondary N) is 1. The first-order valence-corrected chi connectivity index (χ1v) is 4.87. The lowest BCUT2D eigenvalue weighted by Crippen LogP contribution is -2.46. The van der Waals surface area contributed by atoms with Gasteiger partial charge in [0.2, 0.25) is 0 Å². The monoisotopic (exact) mass is 186 g/mol. The standard InChI is InChI=1S/C9H18N2O2/c1-2-13-9(12)5-8-4-3-7(10)6-11-8/h7-8,11H,2-6,10H2,1H3. The molecule has 1 rings (SSSR count). The maximum Gasteiger partial charge on any atom is 0.307 e. The van der Waals surface area contributed by atoms with Gasteiger partial charge in [-0.1, -0.05) is 0 Å². The molecule has 2 atom stereocenters. The van der Waals surface area contributed by atoms with Crippen LogP contribution in [-0.2, 0) is 9.53 Å². The number of piperidine rings is 1. The van der Waals surface area contributed by atoms with Crippen LogP contribution in [0.3, 0.4) is 0 Å². The summed E-state index contributed by atoms with van der Waals surface area (Å²) in [5, 5.41) is 3.23. The van der Waals surface area contributed by atoms with Crippen LogP contribution in [0, 0.1) is 0 Å². The van der Waals surface area contributed by atoms with Gasteiger partial charge in [0.15, 0.2) is 0 Å². The lowest BCUT2D eigenvalue weighted by molar-refractivity contribution is -0.143. The molecule has 0 aromatic heterocycles. The van der Waals surface area contributed by atoms with Gasteiger partial charge in [-0.3, -0.25) is 4.79 Å². The number of carbonyl (C=O) groups is 1. The van der Waals surface area contributed by atoms with Gasteiger partial charge < -0.3 is 15.8 Å². The zero-order valence-corrected chi connectivity index (χ0v) is 8.08. The van der Waals surface area contributed by atoms with Crippen molar-refractivity contribution in [2.24, 2.45) is 5.73 Å². The highest BCUT2D eigenvalue weighted by Crippen LogP contribution is 2.10. The van der Waals surface area contributed by atoms with Crippen molar-refractivity contribution in [3.8, 4) is 0 Å². The number of esters is 1. The number of hydrogen-bond acceptors (Lipinski definition) is 4. The van der Waals surface area contributed by atoms with Crippen molar-refractivity contribution >= 4 is 5.97 Å². The first-order valence-electron chi connectivity index (χ1n) is 4.87. The van der Waals surface area contributed by atoms with Crippen LogP contribution in [0.1, 0.15) is 26.2 Å². The van der Waals surface area contributed by atoms with Gasteiger partial charge >= 0.3 is 5.97 Å². The van der Waals surface area contributed by atoms with Gasteiger partial charge in [0.05, 0.1) is 13.0 Å². The minimum absolute atomic E-state index is 0.115. The molecule has 0 radical (unpaired) electrons. The van der Waals surface area contributed by atoms with Gasteiger partial charge in [0.1, 0.15) is 0 Å². The number of hydrogen-bond donors (Lipinski definition) is 2. The van der Waals surface area contributed by atoms with E-state index in [2.05, 4.69) is 5.32 Å². The van der Waals surface area contributed by atoms with Crippen molar-refractivity contribution in [1.82, 2.24) is 5.32 Å².